The number of aryl methyl sites for hydroxylation is 1. The van der Waals surface area contributed by atoms with Crippen molar-refractivity contribution in [2.24, 2.45) is 0 Å². The number of nitrogens with zero attached hydrogens (tertiary/aromatic N) is 2. The predicted molar refractivity (Wildman–Crippen MR) is 150 cm³/mol. The average molecular weight is 531 g/mol. The van der Waals surface area contributed by atoms with E-state index in [-0.39, 0.29) is 33.4 Å². The molecule has 4 N–H and O–H groups in total. The lowest BCUT2D eigenvalue weighted by atomic mass is 9.96. The molecule has 9 heteroatoms. The highest BCUT2D eigenvalue weighted by atomic mass is 16.2. The van der Waals surface area contributed by atoms with Crippen molar-refractivity contribution in [1.29, 1.82) is 0 Å². The Hall–Kier alpha value is -5.57. The Morgan fingerprint density at radius 1 is 0.600 bits per heavy atom. The molecule has 40 heavy (non-hydrogen) atoms. The number of imide groups is 2. The number of nitrogens with two attached hydrogens (primary N) is 2. The molecule has 0 aliphatic carbocycles. The first-order valence-corrected chi connectivity index (χ1v) is 12.4. The second-order valence-corrected chi connectivity index (χ2v) is 9.78. The van der Waals surface area contributed by atoms with Gasteiger partial charge >= 0.3 is 0 Å². The van der Waals surface area contributed by atoms with Crippen molar-refractivity contribution in [2.75, 3.05) is 21.3 Å². The second kappa shape index (κ2) is 8.74. The van der Waals surface area contributed by atoms with Gasteiger partial charge in [-0.2, -0.15) is 0 Å². The van der Waals surface area contributed by atoms with Crippen molar-refractivity contribution >= 4 is 52.2 Å². The van der Waals surface area contributed by atoms with E-state index in [1.807, 2.05) is 0 Å². The van der Waals surface area contributed by atoms with E-state index in [4.69, 9.17) is 11.5 Å². The number of amides is 4. The standard InChI is InChI=1S/C31H22N4O5/c1-15-12-19(32)8-11-25(15)34-28(37)20-9-6-17(13-22(20)30(34)39)27(36)18-7-10-21-23(14-18)31(40)35(29(21)38)26-5-3-4-24(33)16(26)2/h3-14H,32-33H2,1-2H3. The third-order valence-corrected chi connectivity index (χ3v) is 7.35. The third kappa shape index (κ3) is 3.52. The maximum Gasteiger partial charge on any atom is 0.266 e. The summed E-state index contributed by atoms with van der Waals surface area (Å²) in [4.78, 5) is 68.4. The van der Waals surface area contributed by atoms with Crippen molar-refractivity contribution in [3.05, 3.63) is 117 Å². The highest BCUT2D eigenvalue weighted by Crippen LogP contribution is 2.35. The molecule has 0 aromatic heterocycles. The molecular weight excluding hydrogens is 508 g/mol. The molecule has 2 aliphatic rings. The predicted octanol–water partition coefficient (Wildman–Crippen LogP) is 4.30. The van der Waals surface area contributed by atoms with Gasteiger partial charge in [0, 0.05) is 22.5 Å². The molecule has 0 bridgehead atoms. The summed E-state index contributed by atoms with van der Waals surface area (Å²) in [7, 11) is 0. The molecule has 0 unspecified atom stereocenters. The number of nitrogen functional groups attached to an aromatic ring is 2. The number of carbonyl (C=O) groups is 5. The van der Waals surface area contributed by atoms with Crippen molar-refractivity contribution in [3.8, 4) is 0 Å². The zero-order valence-electron chi connectivity index (χ0n) is 21.5. The van der Waals surface area contributed by atoms with Gasteiger partial charge in [-0.15, -0.1) is 0 Å². The molecule has 4 amide bonds. The molecule has 4 aromatic rings. The molecule has 0 fully saturated rings. The molecule has 4 aromatic carbocycles. The molecule has 6 rings (SSSR count). The number of hydrogen-bond donors (Lipinski definition) is 2. The molecule has 0 atom stereocenters. The van der Waals surface area contributed by atoms with Crippen LogP contribution in [0.15, 0.2) is 72.8 Å². The van der Waals surface area contributed by atoms with Crippen LogP contribution in [0.1, 0.15) is 68.5 Å². The summed E-state index contributed by atoms with van der Waals surface area (Å²) in [6.45, 7) is 3.47. The molecule has 0 saturated carbocycles. The third-order valence-electron chi connectivity index (χ3n) is 7.35. The molecule has 0 spiro atoms. The zero-order valence-corrected chi connectivity index (χ0v) is 21.5. The van der Waals surface area contributed by atoms with Crippen molar-refractivity contribution in [3.63, 3.8) is 0 Å². The summed E-state index contributed by atoms with van der Waals surface area (Å²) in [6, 6.07) is 18.4. The Morgan fingerprint density at radius 3 is 1.68 bits per heavy atom. The van der Waals surface area contributed by atoms with E-state index < -0.39 is 29.4 Å². The lowest BCUT2D eigenvalue weighted by molar-refractivity contribution is 0.0910. The van der Waals surface area contributed by atoms with Crippen LogP contribution in [0.3, 0.4) is 0 Å². The molecule has 196 valence electrons. The van der Waals surface area contributed by atoms with Crippen LogP contribution in [0.4, 0.5) is 22.7 Å². The van der Waals surface area contributed by atoms with Gasteiger partial charge in [-0.1, -0.05) is 18.2 Å². The molecular formula is C31H22N4O5. The zero-order chi connectivity index (χ0) is 28.5. The van der Waals surface area contributed by atoms with Crippen LogP contribution in [0.2, 0.25) is 0 Å². The van der Waals surface area contributed by atoms with Gasteiger partial charge in [0.1, 0.15) is 0 Å². The Labute approximate surface area is 228 Å². The monoisotopic (exact) mass is 530 g/mol. The molecule has 9 nitrogen and oxygen atoms in total. The second-order valence-electron chi connectivity index (χ2n) is 9.78. The van der Waals surface area contributed by atoms with E-state index in [0.717, 1.165) is 9.80 Å². The maximum absolute atomic E-state index is 13.5. The van der Waals surface area contributed by atoms with Crippen molar-refractivity contribution in [2.45, 2.75) is 13.8 Å². The smallest absolute Gasteiger partial charge is 0.266 e. The maximum atomic E-state index is 13.5. The van der Waals surface area contributed by atoms with E-state index in [2.05, 4.69) is 0 Å². The minimum atomic E-state index is -0.562. The van der Waals surface area contributed by atoms with Gasteiger partial charge in [-0.3, -0.25) is 24.0 Å². The van der Waals surface area contributed by atoms with Crippen molar-refractivity contribution < 1.29 is 24.0 Å². The van der Waals surface area contributed by atoms with E-state index in [1.165, 1.54) is 36.4 Å². The number of rotatable bonds is 4. The average Bonchev–Trinajstić information content (AvgIpc) is 3.33. The first-order valence-electron chi connectivity index (χ1n) is 12.4. The number of ketones is 1. The highest BCUT2D eigenvalue weighted by molar-refractivity contribution is 6.36. The summed E-state index contributed by atoms with van der Waals surface area (Å²) in [5.41, 5.74) is 15.7. The lowest BCUT2D eigenvalue weighted by Gasteiger charge is -2.17. The van der Waals surface area contributed by atoms with E-state index in [9.17, 15) is 24.0 Å². The Morgan fingerprint density at radius 2 is 1.12 bits per heavy atom. The quantitative estimate of drug-likeness (QED) is 0.227. The van der Waals surface area contributed by atoms with E-state index in [0.29, 0.717) is 33.9 Å². The highest BCUT2D eigenvalue weighted by Gasteiger charge is 2.39. The summed E-state index contributed by atoms with van der Waals surface area (Å²) in [6.07, 6.45) is 0. The van der Waals surface area contributed by atoms with Crippen LogP contribution in [-0.2, 0) is 0 Å². The van der Waals surface area contributed by atoms with E-state index in [1.54, 1.807) is 50.2 Å². The van der Waals surface area contributed by atoms with E-state index >= 15 is 0 Å². The van der Waals surface area contributed by atoms with Crippen LogP contribution >= 0.6 is 0 Å². The molecule has 2 heterocycles. The Balaban J connectivity index is 1.33. The minimum absolute atomic E-state index is 0.0927. The fraction of sp³-hybridized carbons (Fsp3) is 0.0645. The van der Waals surface area contributed by atoms with Gasteiger partial charge in [0.15, 0.2) is 5.78 Å². The molecule has 2 aliphatic heterocycles. The van der Waals surface area contributed by atoms with Crippen LogP contribution in [-0.4, -0.2) is 29.4 Å². The summed E-state index contributed by atoms with van der Waals surface area (Å²) < 4.78 is 0. The number of fused-ring (bicyclic) bond motifs is 2. The number of hydrogen-bond acceptors (Lipinski definition) is 7. The van der Waals surface area contributed by atoms with Crippen LogP contribution < -0.4 is 21.3 Å². The lowest BCUT2D eigenvalue weighted by Crippen LogP contribution is -2.30. The molecule has 0 radical (unpaired) electrons. The summed E-state index contributed by atoms with van der Waals surface area (Å²) >= 11 is 0. The van der Waals surface area contributed by atoms with Gasteiger partial charge in [-0.05, 0) is 79.6 Å². The number of carbonyl (C=O) groups excluding carboxylic acids is 5. The first-order chi connectivity index (χ1) is 19.1. The van der Waals surface area contributed by atoms with Gasteiger partial charge in [0.2, 0.25) is 0 Å². The van der Waals surface area contributed by atoms with Gasteiger partial charge < -0.3 is 11.5 Å². The Bertz CT molecular complexity index is 1860. The minimum Gasteiger partial charge on any atom is -0.399 e. The van der Waals surface area contributed by atoms with Gasteiger partial charge in [0.05, 0.1) is 33.6 Å². The van der Waals surface area contributed by atoms with Gasteiger partial charge in [-0.25, -0.2) is 9.80 Å². The number of benzene rings is 4. The summed E-state index contributed by atoms with van der Waals surface area (Å²) in [5, 5.41) is 0. The number of anilines is 4. The normalized spacial score (nSPS) is 14.2. The fourth-order valence-electron chi connectivity index (χ4n) is 5.18. The largest absolute Gasteiger partial charge is 0.399 e. The fourth-order valence-corrected chi connectivity index (χ4v) is 5.18. The topological polar surface area (TPSA) is 144 Å². The SMILES string of the molecule is Cc1cc(N)ccc1N1C(=O)c2ccc(C(=O)c3ccc4c(c3)C(=O)N(c3cccc(N)c3C)C4=O)cc2C1=O. The van der Waals surface area contributed by atoms with Crippen LogP contribution in [0.25, 0.3) is 0 Å². The van der Waals surface area contributed by atoms with Crippen molar-refractivity contribution in [1.82, 2.24) is 0 Å². The first kappa shape index (κ1) is 24.7. The summed E-state index contributed by atoms with van der Waals surface area (Å²) in [5.74, 6) is -2.58. The van der Waals surface area contributed by atoms with Crippen LogP contribution in [0.5, 0.6) is 0 Å². The Kier molecular flexibility index (Phi) is 5.41. The molecule has 0 saturated heterocycles. The van der Waals surface area contributed by atoms with Crippen LogP contribution in [0, 0.1) is 13.8 Å². The van der Waals surface area contributed by atoms with Gasteiger partial charge in [0.25, 0.3) is 23.6 Å².